The van der Waals surface area contributed by atoms with Gasteiger partial charge in [-0.2, -0.15) is 0 Å². The number of hydrogen-bond donors (Lipinski definition) is 0. The van der Waals surface area contributed by atoms with E-state index in [0.717, 1.165) is 16.9 Å². The standard InChI is InChI=1S/C19H16BrNO5/c1-24-13-5-3-11(4-6-13)9-21-15-8-12(17(22)25-2)7-14(20)16(15)19(10-26-19)18(21)23/h3-8H,9-10H2,1-2H3. The van der Waals surface area contributed by atoms with Gasteiger partial charge in [0, 0.05) is 10.0 Å². The minimum absolute atomic E-state index is 0.119. The van der Waals surface area contributed by atoms with Gasteiger partial charge in [0.05, 0.1) is 38.6 Å². The molecule has 2 aromatic rings. The van der Waals surface area contributed by atoms with Crippen molar-refractivity contribution in [1.29, 1.82) is 0 Å². The Kier molecular flexibility index (Phi) is 4.00. The fraction of sp³-hybridized carbons (Fsp3) is 0.263. The van der Waals surface area contributed by atoms with Crippen molar-refractivity contribution in [3.05, 3.63) is 57.6 Å². The number of esters is 1. The van der Waals surface area contributed by atoms with E-state index in [1.165, 1.54) is 7.11 Å². The van der Waals surface area contributed by atoms with Gasteiger partial charge >= 0.3 is 5.97 Å². The SMILES string of the molecule is COC(=O)c1cc(Br)c2c(c1)N(Cc1ccc(OC)cc1)C(=O)C21CO1. The molecule has 0 bridgehead atoms. The first-order valence-electron chi connectivity index (χ1n) is 8.01. The number of nitrogens with zero attached hydrogens (tertiary/aromatic N) is 1. The topological polar surface area (TPSA) is 68.4 Å². The first kappa shape index (κ1) is 17.1. The average molecular weight is 418 g/mol. The van der Waals surface area contributed by atoms with Crippen LogP contribution in [0.5, 0.6) is 5.75 Å². The highest BCUT2D eigenvalue weighted by molar-refractivity contribution is 9.10. The molecule has 0 aromatic heterocycles. The Hall–Kier alpha value is -2.38. The third-order valence-corrected chi connectivity index (χ3v) is 5.33. The van der Waals surface area contributed by atoms with Crippen LogP contribution in [0.1, 0.15) is 21.5 Å². The Morgan fingerprint density at radius 3 is 2.54 bits per heavy atom. The summed E-state index contributed by atoms with van der Waals surface area (Å²) in [4.78, 5) is 26.6. The molecule has 1 amide bonds. The minimum atomic E-state index is -0.935. The molecule has 26 heavy (non-hydrogen) atoms. The van der Waals surface area contributed by atoms with Gasteiger partial charge in [-0.1, -0.05) is 28.1 Å². The van der Waals surface area contributed by atoms with Gasteiger partial charge in [-0.15, -0.1) is 0 Å². The first-order chi connectivity index (χ1) is 12.5. The van der Waals surface area contributed by atoms with Crippen LogP contribution in [0.4, 0.5) is 5.69 Å². The van der Waals surface area contributed by atoms with Crippen molar-refractivity contribution < 1.29 is 23.8 Å². The number of ether oxygens (including phenoxy) is 3. The van der Waals surface area contributed by atoms with Gasteiger partial charge < -0.3 is 19.1 Å². The van der Waals surface area contributed by atoms with E-state index in [-0.39, 0.29) is 5.91 Å². The van der Waals surface area contributed by atoms with E-state index in [0.29, 0.717) is 28.9 Å². The fourth-order valence-electron chi connectivity index (χ4n) is 3.29. The number of benzene rings is 2. The molecule has 1 saturated heterocycles. The molecule has 0 saturated carbocycles. The molecule has 2 aromatic carbocycles. The highest BCUT2D eigenvalue weighted by Gasteiger charge is 2.62. The molecular formula is C19H16BrNO5. The fourth-order valence-corrected chi connectivity index (χ4v) is 4.06. The third kappa shape index (κ3) is 2.50. The third-order valence-electron chi connectivity index (χ3n) is 4.71. The summed E-state index contributed by atoms with van der Waals surface area (Å²) in [6.45, 7) is 0.714. The average Bonchev–Trinajstić information content (AvgIpc) is 3.42. The van der Waals surface area contributed by atoms with Crippen LogP contribution < -0.4 is 9.64 Å². The van der Waals surface area contributed by atoms with Crippen molar-refractivity contribution in [3.8, 4) is 5.75 Å². The molecule has 0 N–H and O–H groups in total. The van der Waals surface area contributed by atoms with Crippen molar-refractivity contribution in [2.24, 2.45) is 0 Å². The van der Waals surface area contributed by atoms with E-state index in [9.17, 15) is 9.59 Å². The van der Waals surface area contributed by atoms with Crippen molar-refractivity contribution in [2.45, 2.75) is 12.1 Å². The summed E-state index contributed by atoms with van der Waals surface area (Å²) in [5.74, 6) is 0.175. The zero-order chi connectivity index (χ0) is 18.5. The number of hydrogen-bond acceptors (Lipinski definition) is 5. The van der Waals surface area contributed by atoms with Gasteiger partial charge in [-0.3, -0.25) is 4.79 Å². The normalized spacial score (nSPS) is 20.3. The molecule has 134 valence electrons. The van der Waals surface area contributed by atoms with Gasteiger partial charge in [0.1, 0.15) is 5.75 Å². The van der Waals surface area contributed by atoms with Crippen LogP contribution in [0.3, 0.4) is 0 Å². The summed E-state index contributed by atoms with van der Waals surface area (Å²) in [6, 6.07) is 10.9. The van der Waals surface area contributed by atoms with E-state index in [4.69, 9.17) is 14.2 Å². The van der Waals surface area contributed by atoms with Gasteiger partial charge in [-0.25, -0.2) is 4.79 Å². The lowest BCUT2D eigenvalue weighted by molar-refractivity contribution is -0.123. The van der Waals surface area contributed by atoms with Gasteiger partial charge in [0.2, 0.25) is 0 Å². The van der Waals surface area contributed by atoms with Crippen molar-refractivity contribution in [1.82, 2.24) is 0 Å². The van der Waals surface area contributed by atoms with E-state index < -0.39 is 11.6 Å². The van der Waals surface area contributed by atoms with Gasteiger partial charge in [0.15, 0.2) is 5.60 Å². The zero-order valence-corrected chi connectivity index (χ0v) is 15.8. The maximum atomic E-state index is 13.0. The number of fused-ring (bicyclic) bond motifs is 2. The maximum absolute atomic E-state index is 13.0. The lowest BCUT2D eigenvalue weighted by Gasteiger charge is -2.18. The molecule has 1 spiro atoms. The molecule has 1 atom stereocenters. The summed E-state index contributed by atoms with van der Waals surface area (Å²) in [7, 11) is 2.94. The smallest absolute Gasteiger partial charge is 0.337 e. The molecular weight excluding hydrogens is 402 g/mol. The van der Waals surface area contributed by atoms with Crippen molar-refractivity contribution in [3.63, 3.8) is 0 Å². The monoisotopic (exact) mass is 417 g/mol. The summed E-state index contributed by atoms with van der Waals surface area (Å²) in [5, 5.41) is 0. The summed E-state index contributed by atoms with van der Waals surface area (Å²) < 4.78 is 16.2. The summed E-state index contributed by atoms with van der Waals surface area (Å²) in [5.41, 5.74) is 1.82. The highest BCUT2D eigenvalue weighted by Crippen LogP contribution is 2.54. The summed E-state index contributed by atoms with van der Waals surface area (Å²) >= 11 is 3.49. The Bertz CT molecular complexity index is 905. The minimum Gasteiger partial charge on any atom is -0.497 e. The highest BCUT2D eigenvalue weighted by atomic mass is 79.9. The van der Waals surface area contributed by atoms with Gasteiger partial charge in [-0.05, 0) is 29.8 Å². The molecule has 6 nitrogen and oxygen atoms in total. The number of anilines is 1. The molecule has 2 aliphatic heterocycles. The number of amides is 1. The second-order valence-electron chi connectivity index (χ2n) is 6.20. The van der Waals surface area contributed by atoms with Crippen LogP contribution in [0.2, 0.25) is 0 Å². The van der Waals surface area contributed by atoms with Crippen LogP contribution in [0.25, 0.3) is 0 Å². The molecule has 2 aliphatic rings. The molecule has 2 heterocycles. The largest absolute Gasteiger partial charge is 0.497 e. The second kappa shape index (κ2) is 6.10. The first-order valence-corrected chi connectivity index (χ1v) is 8.80. The number of rotatable bonds is 4. The van der Waals surface area contributed by atoms with Crippen molar-refractivity contribution >= 4 is 33.5 Å². The molecule has 0 radical (unpaired) electrons. The predicted molar refractivity (Wildman–Crippen MR) is 97.3 cm³/mol. The zero-order valence-electron chi connectivity index (χ0n) is 14.2. The molecule has 0 aliphatic carbocycles. The van der Waals surface area contributed by atoms with Crippen LogP contribution in [0, 0.1) is 0 Å². The number of methoxy groups -OCH3 is 2. The number of halogens is 1. The van der Waals surface area contributed by atoms with Crippen LogP contribution in [0.15, 0.2) is 40.9 Å². The second-order valence-corrected chi connectivity index (χ2v) is 7.05. The Balaban J connectivity index is 1.76. The van der Waals surface area contributed by atoms with Crippen molar-refractivity contribution in [2.75, 3.05) is 25.7 Å². The van der Waals surface area contributed by atoms with E-state index in [2.05, 4.69) is 15.9 Å². The molecule has 1 fully saturated rings. The maximum Gasteiger partial charge on any atom is 0.337 e. The Morgan fingerprint density at radius 1 is 1.27 bits per heavy atom. The summed E-state index contributed by atoms with van der Waals surface area (Å²) in [6.07, 6.45) is 0. The van der Waals surface area contributed by atoms with Crippen LogP contribution in [-0.4, -0.2) is 32.7 Å². The predicted octanol–water partition coefficient (Wildman–Crippen LogP) is 3.02. The lowest BCUT2D eigenvalue weighted by atomic mass is 10.0. The van der Waals surface area contributed by atoms with Crippen LogP contribution >= 0.6 is 15.9 Å². The molecule has 1 unspecified atom stereocenters. The quantitative estimate of drug-likeness (QED) is 0.564. The van der Waals surface area contributed by atoms with E-state index in [1.807, 2.05) is 24.3 Å². The Labute approximate surface area is 158 Å². The van der Waals surface area contributed by atoms with E-state index in [1.54, 1.807) is 24.1 Å². The van der Waals surface area contributed by atoms with E-state index >= 15 is 0 Å². The van der Waals surface area contributed by atoms with Crippen LogP contribution in [-0.2, 0) is 26.4 Å². The lowest BCUT2D eigenvalue weighted by Crippen LogP contribution is -2.32. The number of carbonyl (C=O) groups excluding carboxylic acids is 2. The number of carbonyl (C=O) groups is 2. The number of epoxide rings is 1. The molecule has 4 rings (SSSR count). The van der Waals surface area contributed by atoms with Gasteiger partial charge in [0.25, 0.3) is 5.91 Å². The Morgan fingerprint density at radius 2 is 1.96 bits per heavy atom. The molecule has 7 heteroatoms.